The van der Waals surface area contributed by atoms with Crippen LogP contribution in [-0.4, -0.2) is 52.6 Å². The van der Waals surface area contributed by atoms with Crippen LogP contribution in [0.1, 0.15) is 41.3 Å². The number of carbonyl (C=O) groups excluding carboxylic acids is 2. The number of benzene rings is 2. The Morgan fingerprint density at radius 2 is 1.75 bits per heavy atom. The van der Waals surface area contributed by atoms with Crippen LogP contribution in [0.5, 0.6) is 5.88 Å². The Bertz CT molecular complexity index is 1260. The van der Waals surface area contributed by atoms with Crippen molar-refractivity contribution >= 4 is 12.0 Å². The zero-order valence-corrected chi connectivity index (χ0v) is 20.3. The molecule has 0 bridgehead atoms. The van der Waals surface area contributed by atoms with E-state index in [1.54, 1.807) is 40.1 Å². The van der Waals surface area contributed by atoms with E-state index < -0.39 is 17.2 Å². The lowest BCUT2D eigenvalue weighted by atomic mass is 9.70. The van der Waals surface area contributed by atoms with E-state index in [0.29, 0.717) is 42.9 Å². The molecule has 7 nitrogen and oxygen atoms in total. The van der Waals surface area contributed by atoms with Gasteiger partial charge in [0.2, 0.25) is 5.88 Å². The van der Waals surface area contributed by atoms with Gasteiger partial charge in [0, 0.05) is 43.8 Å². The van der Waals surface area contributed by atoms with Gasteiger partial charge in [-0.05, 0) is 24.6 Å². The maximum absolute atomic E-state index is 14.6. The number of hydrogen-bond donors (Lipinski definition) is 0. The molecule has 0 radical (unpaired) electrons. The number of ether oxygens (including phenoxy) is 2. The third kappa shape index (κ3) is 3.86. The van der Waals surface area contributed by atoms with E-state index in [2.05, 4.69) is 4.98 Å². The summed E-state index contributed by atoms with van der Waals surface area (Å²) in [4.78, 5) is 34.0. The summed E-state index contributed by atoms with van der Waals surface area (Å²) < 4.78 is 25.8. The largest absolute Gasteiger partial charge is 0.481 e. The SMILES string of the molecule is COc1ccc(C(=O)N2CCC3(CC2)OC(=O)N(Cc2ccccc2F)C3(C)c2ccccc2)cn1. The number of nitrogens with zero attached hydrogens (tertiary/aromatic N) is 3. The molecule has 36 heavy (non-hydrogen) atoms. The van der Waals surface area contributed by atoms with Crippen LogP contribution in [0.3, 0.4) is 0 Å². The highest BCUT2D eigenvalue weighted by atomic mass is 19.1. The number of pyridine rings is 1. The third-order valence-corrected chi connectivity index (χ3v) is 7.60. The van der Waals surface area contributed by atoms with Crippen LogP contribution < -0.4 is 4.74 Å². The fourth-order valence-corrected chi connectivity index (χ4v) is 5.42. The van der Waals surface area contributed by atoms with Gasteiger partial charge in [-0.2, -0.15) is 0 Å². The van der Waals surface area contributed by atoms with Crippen molar-refractivity contribution in [3.63, 3.8) is 0 Å². The molecule has 3 aromatic rings. The maximum atomic E-state index is 14.6. The Balaban J connectivity index is 1.44. The van der Waals surface area contributed by atoms with Crippen LogP contribution in [-0.2, 0) is 16.8 Å². The molecule has 2 aromatic carbocycles. The van der Waals surface area contributed by atoms with E-state index in [0.717, 1.165) is 5.56 Å². The molecule has 8 heteroatoms. The molecule has 1 aromatic heterocycles. The van der Waals surface area contributed by atoms with Gasteiger partial charge in [0.1, 0.15) is 17.0 Å². The first kappa shape index (κ1) is 23.8. The topological polar surface area (TPSA) is 72.0 Å². The minimum Gasteiger partial charge on any atom is -0.481 e. The number of aromatic nitrogens is 1. The second kappa shape index (κ2) is 9.26. The molecule has 0 N–H and O–H groups in total. The molecule has 2 amide bonds. The number of halogens is 1. The van der Waals surface area contributed by atoms with Crippen molar-refractivity contribution in [2.45, 2.75) is 37.5 Å². The van der Waals surface area contributed by atoms with Crippen LogP contribution in [0.2, 0.25) is 0 Å². The Hall–Kier alpha value is -3.94. The van der Waals surface area contributed by atoms with Crippen LogP contribution >= 0.6 is 0 Å². The normalized spacial score (nSPS) is 20.9. The van der Waals surface area contributed by atoms with E-state index in [1.165, 1.54) is 19.4 Å². The van der Waals surface area contributed by atoms with E-state index in [1.807, 2.05) is 37.3 Å². The van der Waals surface area contributed by atoms with Gasteiger partial charge in [-0.1, -0.05) is 48.5 Å². The minimum absolute atomic E-state index is 0.0822. The number of methoxy groups -OCH3 is 1. The van der Waals surface area contributed by atoms with E-state index >= 15 is 0 Å². The summed E-state index contributed by atoms with van der Waals surface area (Å²) in [6.07, 6.45) is 1.93. The predicted molar refractivity (Wildman–Crippen MR) is 131 cm³/mol. The first-order valence-electron chi connectivity index (χ1n) is 12.0. The molecule has 2 saturated heterocycles. The van der Waals surface area contributed by atoms with Gasteiger partial charge >= 0.3 is 6.09 Å². The highest BCUT2D eigenvalue weighted by Crippen LogP contribution is 2.52. The quantitative estimate of drug-likeness (QED) is 0.516. The fraction of sp³-hybridized carbons (Fsp3) is 0.321. The summed E-state index contributed by atoms with van der Waals surface area (Å²) in [5, 5.41) is 0. The van der Waals surface area contributed by atoms with Crippen LogP contribution in [0.25, 0.3) is 0 Å². The number of hydrogen-bond acceptors (Lipinski definition) is 5. The molecule has 3 heterocycles. The lowest BCUT2D eigenvalue weighted by Gasteiger charge is -2.48. The monoisotopic (exact) mass is 489 g/mol. The lowest BCUT2D eigenvalue weighted by Crippen LogP contribution is -2.58. The average Bonchev–Trinajstić information content (AvgIpc) is 3.12. The number of amides is 2. The molecule has 2 aliphatic heterocycles. The third-order valence-electron chi connectivity index (χ3n) is 7.60. The highest BCUT2D eigenvalue weighted by Gasteiger charge is 2.63. The van der Waals surface area contributed by atoms with Crippen molar-refractivity contribution in [1.29, 1.82) is 0 Å². The smallest absolute Gasteiger partial charge is 0.411 e. The second-order valence-electron chi connectivity index (χ2n) is 9.36. The summed E-state index contributed by atoms with van der Waals surface area (Å²) in [5.41, 5.74) is 0.0811. The molecular weight excluding hydrogens is 461 g/mol. The summed E-state index contributed by atoms with van der Waals surface area (Å²) >= 11 is 0. The van der Waals surface area contributed by atoms with Crippen LogP contribution in [0, 0.1) is 5.82 Å². The second-order valence-corrected chi connectivity index (χ2v) is 9.36. The number of rotatable bonds is 5. The van der Waals surface area contributed by atoms with E-state index in [4.69, 9.17) is 9.47 Å². The van der Waals surface area contributed by atoms with Crippen molar-refractivity contribution in [3.05, 3.63) is 95.4 Å². The lowest BCUT2D eigenvalue weighted by molar-refractivity contribution is -0.0552. The van der Waals surface area contributed by atoms with Crippen molar-refractivity contribution in [2.75, 3.05) is 20.2 Å². The summed E-state index contributed by atoms with van der Waals surface area (Å²) in [7, 11) is 1.52. The maximum Gasteiger partial charge on any atom is 0.411 e. The molecular formula is C28H28FN3O4. The van der Waals surface area contributed by atoms with E-state index in [9.17, 15) is 14.0 Å². The Morgan fingerprint density at radius 3 is 2.39 bits per heavy atom. The molecule has 186 valence electrons. The van der Waals surface area contributed by atoms with Crippen LogP contribution in [0.15, 0.2) is 72.9 Å². The van der Waals surface area contributed by atoms with Crippen LogP contribution in [0.4, 0.5) is 9.18 Å². The molecule has 2 fully saturated rings. The van der Waals surface area contributed by atoms with Gasteiger partial charge in [-0.3, -0.25) is 9.69 Å². The van der Waals surface area contributed by atoms with Gasteiger partial charge in [0.15, 0.2) is 0 Å². The molecule has 0 saturated carbocycles. The van der Waals surface area contributed by atoms with E-state index in [-0.39, 0.29) is 18.3 Å². The van der Waals surface area contributed by atoms with Gasteiger partial charge in [-0.15, -0.1) is 0 Å². The summed E-state index contributed by atoms with van der Waals surface area (Å²) in [5.74, 6) is -0.0558. The molecule has 2 aliphatic rings. The van der Waals surface area contributed by atoms with Crippen molar-refractivity contribution in [3.8, 4) is 5.88 Å². The van der Waals surface area contributed by atoms with Crippen molar-refractivity contribution < 1.29 is 23.5 Å². The number of piperidine rings is 1. The Labute approximate surface area is 209 Å². The zero-order chi connectivity index (χ0) is 25.3. The summed E-state index contributed by atoms with van der Waals surface area (Å²) in [6.45, 7) is 2.89. The predicted octanol–water partition coefficient (Wildman–Crippen LogP) is 4.77. The first-order chi connectivity index (χ1) is 17.4. The molecule has 0 aliphatic carbocycles. The van der Waals surface area contributed by atoms with Gasteiger partial charge in [0.05, 0.1) is 19.2 Å². The van der Waals surface area contributed by atoms with Gasteiger partial charge < -0.3 is 14.4 Å². The van der Waals surface area contributed by atoms with Gasteiger partial charge in [-0.25, -0.2) is 14.2 Å². The van der Waals surface area contributed by atoms with Gasteiger partial charge in [0.25, 0.3) is 5.91 Å². The summed E-state index contributed by atoms with van der Waals surface area (Å²) in [6, 6.07) is 19.5. The minimum atomic E-state index is -0.869. The molecule has 5 rings (SSSR count). The average molecular weight is 490 g/mol. The van der Waals surface area contributed by atoms with Crippen molar-refractivity contribution in [2.24, 2.45) is 0 Å². The Morgan fingerprint density at radius 1 is 1.06 bits per heavy atom. The highest BCUT2D eigenvalue weighted by molar-refractivity contribution is 5.94. The molecule has 1 atom stereocenters. The molecule has 1 unspecified atom stereocenters. The Kier molecular flexibility index (Phi) is 6.12. The number of carbonyl (C=O) groups is 2. The molecule has 1 spiro atoms. The van der Waals surface area contributed by atoms with Crippen molar-refractivity contribution in [1.82, 2.24) is 14.8 Å². The number of likely N-dealkylation sites (tertiary alicyclic amines) is 1. The zero-order valence-electron chi connectivity index (χ0n) is 20.3. The fourth-order valence-electron chi connectivity index (χ4n) is 5.42. The first-order valence-corrected chi connectivity index (χ1v) is 12.0. The standard InChI is InChI=1S/C28H28FN3O4/c1-27(22-9-4-3-5-10-22)28(36-26(34)32(27)19-21-8-6-7-11-23(21)29)14-16-31(17-15-28)25(33)20-12-13-24(35-2)30-18-20/h3-13,18H,14-17,19H2,1-2H3.